The SMILES string of the molecule is O=C(CCCN1C(=O)/C(=C\c2ccc3c(c2)OCO3)SC1=S)N1CCCC1. The Balaban J connectivity index is 1.36. The van der Waals surface area contributed by atoms with Crippen LogP contribution >= 0.6 is 24.0 Å². The summed E-state index contributed by atoms with van der Waals surface area (Å²) in [4.78, 5) is 28.9. The molecule has 142 valence electrons. The first-order valence-corrected chi connectivity index (χ1v) is 10.3. The highest BCUT2D eigenvalue weighted by atomic mass is 32.2. The number of fused-ring (bicyclic) bond motifs is 1. The van der Waals surface area contributed by atoms with Crippen molar-refractivity contribution >= 4 is 46.2 Å². The van der Waals surface area contributed by atoms with Gasteiger partial charge in [0.05, 0.1) is 4.91 Å². The van der Waals surface area contributed by atoms with Gasteiger partial charge in [-0.3, -0.25) is 14.5 Å². The Kier molecular flexibility index (Phi) is 5.36. The lowest BCUT2D eigenvalue weighted by Gasteiger charge is -2.17. The fourth-order valence-electron chi connectivity index (χ4n) is 3.36. The van der Waals surface area contributed by atoms with Crippen LogP contribution in [0.2, 0.25) is 0 Å². The molecule has 0 aromatic heterocycles. The molecule has 8 heteroatoms. The van der Waals surface area contributed by atoms with Gasteiger partial charge in [-0.05, 0) is 43.0 Å². The minimum atomic E-state index is -0.101. The number of thiocarbonyl (C=S) groups is 1. The van der Waals surface area contributed by atoms with Gasteiger partial charge in [0.25, 0.3) is 5.91 Å². The summed E-state index contributed by atoms with van der Waals surface area (Å²) in [7, 11) is 0. The highest BCUT2D eigenvalue weighted by molar-refractivity contribution is 8.26. The summed E-state index contributed by atoms with van der Waals surface area (Å²) in [6.45, 7) is 2.41. The number of ether oxygens (including phenoxy) is 2. The van der Waals surface area contributed by atoms with E-state index in [-0.39, 0.29) is 18.6 Å². The molecule has 1 aromatic carbocycles. The van der Waals surface area contributed by atoms with E-state index in [0.717, 1.165) is 31.5 Å². The van der Waals surface area contributed by atoms with Gasteiger partial charge in [0.15, 0.2) is 11.5 Å². The number of nitrogens with zero attached hydrogens (tertiary/aromatic N) is 2. The molecule has 1 aromatic rings. The van der Waals surface area contributed by atoms with Gasteiger partial charge in [-0.1, -0.05) is 30.0 Å². The van der Waals surface area contributed by atoms with E-state index in [1.807, 2.05) is 29.2 Å². The quantitative estimate of drug-likeness (QED) is 0.555. The van der Waals surface area contributed by atoms with Crippen molar-refractivity contribution in [3.63, 3.8) is 0 Å². The van der Waals surface area contributed by atoms with Gasteiger partial charge in [-0.15, -0.1) is 0 Å². The molecule has 3 aliphatic rings. The van der Waals surface area contributed by atoms with Crippen LogP contribution in [0.15, 0.2) is 23.1 Å². The zero-order valence-electron chi connectivity index (χ0n) is 14.8. The fourth-order valence-corrected chi connectivity index (χ4v) is 4.67. The van der Waals surface area contributed by atoms with Gasteiger partial charge in [-0.25, -0.2) is 0 Å². The van der Waals surface area contributed by atoms with E-state index < -0.39 is 0 Å². The monoisotopic (exact) mass is 404 g/mol. The first-order chi connectivity index (χ1) is 13.1. The third-order valence-electron chi connectivity index (χ3n) is 4.80. The molecule has 0 atom stereocenters. The third kappa shape index (κ3) is 3.96. The summed E-state index contributed by atoms with van der Waals surface area (Å²) >= 11 is 6.66. The van der Waals surface area contributed by atoms with Crippen molar-refractivity contribution in [1.82, 2.24) is 9.80 Å². The second-order valence-corrected chi connectivity index (χ2v) is 8.31. The van der Waals surface area contributed by atoms with Gasteiger partial charge < -0.3 is 14.4 Å². The van der Waals surface area contributed by atoms with E-state index in [0.29, 0.717) is 40.1 Å². The van der Waals surface area contributed by atoms with Crippen molar-refractivity contribution < 1.29 is 19.1 Å². The molecule has 3 heterocycles. The molecule has 0 unspecified atom stereocenters. The Morgan fingerprint density at radius 1 is 1.22 bits per heavy atom. The summed E-state index contributed by atoms with van der Waals surface area (Å²) in [6.07, 6.45) is 5.07. The van der Waals surface area contributed by atoms with Crippen molar-refractivity contribution in [1.29, 1.82) is 0 Å². The number of rotatable bonds is 5. The van der Waals surface area contributed by atoms with Gasteiger partial charge >= 0.3 is 0 Å². The Labute approximate surface area is 167 Å². The standard InChI is InChI=1S/C19H20N2O4S2/c22-17(20-7-1-2-8-20)4-3-9-21-18(23)16(27-19(21)26)11-13-5-6-14-15(10-13)25-12-24-14/h5-6,10-11H,1-4,7-9,12H2/b16-11+. The molecule has 0 saturated carbocycles. The molecule has 0 radical (unpaired) electrons. The number of hydrogen-bond acceptors (Lipinski definition) is 6. The maximum atomic E-state index is 12.7. The zero-order chi connectivity index (χ0) is 18.8. The number of carbonyl (C=O) groups is 2. The van der Waals surface area contributed by atoms with Crippen LogP contribution in [-0.4, -0.2) is 52.4 Å². The lowest BCUT2D eigenvalue weighted by molar-refractivity contribution is -0.130. The van der Waals surface area contributed by atoms with Crippen LogP contribution in [0.4, 0.5) is 0 Å². The van der Waals surface area contributed by atoms with Crippen molar-refractivity contribution in [2.24, 2.45) is 0 Å². The number of thioether (sulfide) groups is 1. The van der Waals surface area contributed by atoms with Crippen LogP contribution < -0.4 is 9.47 Å². The number of likely N-dealkylation sites (tertiary alicyclic amines) is 1. The average Bonchev–Trinajstić information content (AvgIpc) is 3.38. The topological polar surface area (TPSA) is 59.1 Å². The first kappa shape index (κ1) is 18.3. The van der Waals surface area contributed by atoms with E-state index in [9.17, 15) is 9.59 Å². The minimum Gasteiger partial charge on any atom is -0.454 e. The summed E-state index contributed by atoms with van der Waals surface area (Å²) in [5, 5.41) is 0. The van der Waals surface area contributed by atoms with Crippen LogP contribution in [0.25, 0.3) is 6.08 Å². The molecular formula is C19H20N2O4S2. The lowest BCUT2D eigenvalue weighted by Crippen LogP contribution is -2.31. The van der Waals surface area contributed by atoms with Crippen LogP contribution in [0.1, 0.15) is 31.2 Å². The average molecular weight is 405 g/mol. The summed E-state index contributed by atoms with van der Waals surface area (Å²) in [6, 6.07) is 5.57. The Bertz CT molecular complexity index is 818. The van der Waals surface area contributed by atoms with E-state index in [2.05, 4.69) is 0 Å². The molecular weight excluding hydrogens is 384 g/mol. The molecule has 6 nitrogen and oxygen atoms in total. The number of benzene rings is 1. The second kappa shape index (κ2) is 7.90. The predicted molar refractivity (Wildman–Crippen MR) is 107 cm³/mol. The molecule has 2 amide bonds. The van der Waals surface area contributed by atoms with E-state index in [1.54, 1.807) is 4.90 Å². The van der Waals surface area contributed by atoms with Gasteiger partial charge in [-0.2, -0.15) is 0 Å². The van der Waals surface area contributed by atoms with Gasteiger partial charge in [0, 0.05) is 26.1 Å². The van der Waals surface area contributed by atoms with Crippen molar-refractivity contribution in [2.45, 2.75) is 25.7 Å². The number of amides is 2. The van der Waals surface area contributed by atoms with Crippen LogP contribution in [0.3, 0.4) is 0 Å². The van der Waals surface area contributed by atoms with Crippen molar-refractivity contribution in [3.8, 4) is 11.5 Å². The smallest absolute Gasteiger partial charge is 0.266 e. The first-order valence-electron chi connectivity index (χ1n) is 9.04. The molecule has 2 fully saturated rings. The molecule has 27 heavy (non-hydrogen) atoms. The molecule has 2 saturated heterocycles. The van der Waals surface area contributed by atoms with Crippen LogP contribution in [0, 0.1) is 0 Å². The Hall–Kier alpha value is -2.06. The number of carbonyl (C=O) groups excluding carboxylic acids is 2. The summed E-state index contributed by atoms with van der Waals surface area (Å²) in [5.74, 6) is 1.46. The molecule has 0 aliphatic carbocycles. The van der Waals surface area contributed by atoms with E-state index in [1.165, 1.54) is 11.8 Å². The van der Waals surface area contributed by atoms with Crippen molar-refractivity contribution in [2.75, 3.05) is 26.4 Å². The van der Waals surface area contributed by atoms with Crippen LogP contribution in [0.5, 0.6) is 11.5 Å². The third-order valence-corrected chi connectivity index (χ3v) is 6.18. The number of hydrogen-bond donors (Lipinski definition) is 0. The van der Waals surface area contributed by atoms with Gasteiger partial charge in [0.2, 0.25) is 12.7 Å². The normalized spacial score (nSPS) is 20.2. The maximum absolute atomic E-state index is 12.7. The van der Waals surface area contributed by atoms with Gasteiger partial charge in [0.1, 0.15) is 4.32 Å². The molecule has 3 aliphatic heterocycles. The van der Waals surface area contributed by atoms with E-state index in [4.69, 9.17) is 21.7 Å². The van der Waals surface area contributed by atoms with Crippen molar-refractivity contribution in [3.05, 3.63) is 28.7 Å². The predicted octanol–water partition coefficient (Wildman–Crippen LogP) is 3.02. The molecule has 0 bridgehead atoms. The molecule has 0 N–H and O–H groups in total. The van der Waals surface area contributed by atoms with Crippen LogP contribution in [-0.2, 0) is 9.59 Å². The van der Waals surface area contributed by atoms with E-state index >= 15 is 0 Å². The highest BCUT2D eigenvalue weighted by Crippen LogP contribution is 2.36. The zero-order valence-corrected chi connectivity index (χ0v) is 16.4. The highest BCUT2D eigenvalue weighted by Gasteiger charge is 2.32. The maximum Gasteiger partial charge on any atom is 0.266 e. The Morgan fingerprint density at radius 3 is 2.81 bits per heavy atom. The lowest BCUT2D eigenvalue weighted by atomic mass is 10.2. The molecule has 0 spiro atoms. The summed E-state index contributed by atoms with van der Waals surface area (Å²) in [5.41, 5.74) is 0.865. The Morgan fingerprint density at radius 2 is 2.00 bits per heavy atom. The minimum absolute atomic E-state index is 0.101. The fraction of sp³-hybridized carbons (Fsp3) is 0.421. The molecule has 4 rings (SSSR count). The summed E-state index contributed by atoms with van der Waals surface area (Å²) < 4.78 is 11.2. The second-order valence-electron chi connectivity index (χ2n) is 6.64. The largest absolute Gasteiger partial charge is 0.454 e.